The molecule has 8 heteroatoms. The first kappa shape index (κ1) is 22.3. The van der Waals surface area contributed by atoms with Crippen LogP contribution in [0.4, 0.5) is 4.79 Å². The molecule has 2 N–H and O–H groups in total. The lowest BCUT2D eigenvalue weighted by Crippen LogP contribution is -2.31. The maximum atomic E-state index is 12.8. The van der Waals surface area contributed by atoms with Crippen LogP contribution < -0.4 is 5.32 Å². The number of aromatic amines is 1. The number of amides is 2. The minimum atomic E-state index is -0.332. The Balaban J connectivity index is 1.17. The van der Waals surface area contributed by atoms with Crippen LogP contribution in [-0.4, -0.2) is 44.4 Å². The monoisotopic (exact) mass is 481 g/mol. The molecule has 2 fully saturated rings. The van der Waals surface area contributed by atoms with Crippen molar-refractivity contribution >= 4 is 23.2 Å². The van der Waals surface area contributed by atoms with Gasteiger partial charge in [0.15, 0.2) is 5.65 Å². The molecule has 0 spiro atoms. The summed E-state index contributed by atoms with van der Waals surface area (Å²) >= 11 is 0. The van der Waals surface area contributed by atoms with Crippen molar-refractivity contribution in [3.05, 3.63) is 83.8 Å². The maximum Gasteiger partial charge on any atom is 0.410 e. The molecule has 1 aliphatic carbocycles. The summed E-state index contributed by atoms with van der Waals surface area (Å²) in [7, 11) is 0. The van der Waals surface area contributed by atoms with Crippen molar-refractivity contribution in [2.45, 2.75) is 44.4 Å². The Morgan fingerprint density at radius 1 is 1.03 bits per heavy atom. The van der Waals surface area contributed by atoms with Gasteiger partial charge < -0.3 is 15.0 Å². The first-order valence-corrected chi connectivity index (χ1v) is 12.4. The van der Waals surface area contributed by atoms with Gasteiger partial charge in [0, 0.05) is 29.9 Å². The van der Waals surface area contributed by atoms with Crippen molar-refractivity contribution in [3.63, 3.8) is 0 Å². The number of nitrogens with zero attached hydrogens (tertiary/aromatic N) is 3. The minimum Gasteiger partial charge on any atom is -0.445 e. The van der Waals surface area contributed by atoms with Gasteiger partial charge in [0.2, 0.25) is 0 Å². The van der Waals surface area contributed by atoms with Crippen LogP contribution in [0.25, 0.3) is 22.3 Å². The van der Waals surface area contributed by atoms with E-state index in [2.05, 4.69) is 20.3 Å². The molecule has 6 rings (SSSR count). The Morgan fingerprint density at radius 2 is 1.83 bits per heavy atom. The number of likely N-dealkylation sites (tertiary alicyclic amines) is 1. The number of carbonyl (C=O) groups is 2. The summed E-state index contributed by atoms with van der Waals surface area (Å²) in [4.78, 5) is 39.4. The highest BCUT2D eigenvalue weighted by molar-refractivity contribution is 5.95. The number of nitrogens with one attached hydrogen (secondary N) is 2. The molecular formula is C28H27N5O3. The van der Waals surface area contributed by atoms with E-state index in [0.29, 0.717) is 23.8 Å². The standard InChI is InChI=1S/C28H27N5O3/c34-27(30-22-12-13-22)20-10-8-19(9-11-20)21-15-23-25(29-16-21)32-26(31-23)24-7-4-14-33(24)28(35)36-17-18-5-2-1-3-6-18/h1-3,5-6,8-11,15-16,22,24H,4,7,12-14,17H2,(H,30,34)(H,29,31,32). The van der Waals surface area contributed by atoms with Gasteiger partial charge in [-0.25, -0.2) is 14.8 Å². The maximum absolute atomic E-state index is 12.8. The third-order valence-electron chi connectivity index (χ3n) is 6.76. The van der Waals surface area contributed by atoms with Gasteiger partial charge >= 0.3 is 6.09 Å². The molecule has 8 nitrogen and oxygen atoms in total. The van der Waals surface area contributed by atoms with E-state index in [4.69, 9.17) is 4.74 Å². The Hall–Kier alpha value is -4.20. The topological polar surface area (TPSA) is 100 Å². The van der Waals surface area contributed by atoms with Gasteiger partial charge in [-0.2, -0.15) is 0 Å². The summed E-state index contributed by atoms with van der Waals surface area (Å²) in [6, 6.07) is 19.4. The highest BCUT2D eigenvalue weighted by atomic mass is 16.6. The number of pyridine rings is 1. The molecule has 0 bridgehead atoms. The highest BCUT2D eigenvalue weighted by Gasteiger charge is 2.33. The van der Waals surface area contributed by atoms with E-state index in [9.17, 15) is 9.59 Å². The van der Waals surface area contributed by atoms with E-state index in [1.807, 2.05) is 60.7 Å². The molecule has 0 radical (unpaired) electrons. The summed E-state index contributed by atoms with van der Waals surface area (Å²) in [6.45, 7) is 0.879. The van der Waals surface area contributed by atoms with E-state index in [-0.39, 0.29) is 24.6 Å². The van der Waals surface area contributed by atoms with Crippen LogP contribution in [0.3, 0.4) is 0 Å². The number of H-pyrrole nitrogens is 1. The van der Waals surface area contributed by atoms with Crippen LogP contribution in [0.2, 0.25) is 0 Å². The van der Waals surface area contributed by atoms with Crippen molar-refractivity contribution in [2.75, 3.05) is 6.54 Å². The van der Waals surface area contributed by atoms with Crippen molar-refractivity contribution < 1.29 is 14.3 Å². The van der Waals surface area contributed by atoms with Crippen LogP contribution in [-0.2, 0) is 11.3 Å². The van der Waals surface area contributed by atoms with Crippen molar-refractivity contribution in [3.8, 4) is 11.1 Å². The highest BCUT2D eigenvalue weighted by Crippen LogP contribution is 2.32. The Labute approximate surface area is 208 Å². The van der Waals surface area contributed by atoms with Crippen LogP contribution in [0.15, 0.2) is 66.9 Å². The predicted octanol–water partition coefficient (Wildman–Crippen LogP) is 4.99. The van der Waals surface area contributed by atoms with Gasteiger partial charge in [-0.1, -0.05) is 42.5 Å². The molecule has 4 aromatic rings. The van der Waals surface area contributed by atoms with E-state index < -0.39 is 0 Å². The second-order valence-corrected chi connectivity index (χ2v) is 9.43. The quantitative estimate of drug-likeness (QED) is 0.404. The summed E-state index contributed by atoms with van der Waals surface area (Å²) in [5.41, 5.74) is 4.93. The number of carbonyl (C=O) groups excluding carboxylic acids is 2. The van der Waals surface area contributed by atoms with Gasteiger partial charge in [0.05, 0.1) is 11.6 Å². The third-order valence-corrected chi connectivity index (χ3v) is 6.76. The van der Waals surface area contributed by atoms with E-state index in [0.717, 1.165) is 53.7 Å². The first-order valence-electron chi connectivity index (χ1n) is 12.4. The number of fused-ring (bicyclic) bond motifs is 1. The van der Waals surface area contributed by atoms with Crippen molar-refractivity contribution in [1.82, 2.24) is 25.2 Å². The molecule has 1 aliphatic heterocycles. The summed E-state index contributed by atoms with van der Waals surface area (Å²) < 4.78 is 5.57. The number of benzene rings is 2. The lowest BCUT2D eigenvalue weighted by molar-refractivity contribution is 0.0909. The van der Waals surface area contributed by atoms with Gasteiger partial charge in [-0.05, 0) is 55.0 Å². The summed E-state index contributed by atoms with van der Waals surface area (Å²) in [5, 5.41) is 3.01. The fourth-order valence-electron chi connectivity index (χ4n) is 4.62. The second-order valence-electron chi connectivity index (χ2n) is 9.43. The van der Waals surface area contributed by atoms with Crippen LogP contribution in [0.5, 0.6) is 0 Å². The van der Waals surface area contributed by atoms with Crippen LogP contribution in [0, 0.1) is 0 Å². The molecular weight excluding hydrogens is 454 g/mol. The van der Waals surface area contributed by atoms with Crippen LogP contribution in [0.1, 0.15) is 53.5 Å². The fourth-order valence-corrected chi connectivity index (χ4v) is 4.62. The number of aromatic nitrogens is 3. The molecule has 3 heterocycles. The zero-order valence-electron chi connectivity index (χ0n) is 19.8. The third kappa shape index (κ3) is 4.66. The molecule has 1 saturated heterocycles. The Bertz CT molecular complexity index is 1400. The molecule has 36 heavy (non-hydrogen) atoms. The predicted molar refractivity (Wildman–Crippen MR) is 135 cm³/mol. The van der Waals surface area contributed by atoms with Crippen molar-refractivity contribution in [1.29, 1.82) is 0 Å². The van der Waals surface area contributed by atoms with Crippen LogP contribution >= 0.6 is 0 Å². The number of rotatable bonds is 6. The zero-order chi connectivity index (χ0) is 24.5. The SMILES string of the molecule is O=C(NC1CC1)c1ccc(-c2cnc3nc(C4CCCN4C(=O)OCc4ccccc4)[nH]c3c2)cc1. The van der Waals surface area contributed by atoms with E-state index in [1.165, 1.54) is 0 Å². The normalized spacial score (nSPS) is 17.3. The first-order chi connectivity index (χ1) is 17.6. The molecule has 1 saturated carbocycles. The zero-order valence-corrected chi connectivity index (χ0v) is 19.8. The smallest absolute Gasteiger partial charge is 0.410 e. The van der Waals surface area contributed by atoms with Gasteiger partial charge in [-0.3, -0.25) is 9.69 Å². The number of ether oxygens (including phenoxy) is 1. The molecule has 182 valence electrons. The molecule has 1 unspecified atom stereocenters. The lowest BCUT2D eigenvalue weighted by Gasteiger charge is -2.22. The largest absolute Gasteiger partial charge is 0.445 e. The van der Waals surface area contributed by atoms with Gasteiger partial charge in [-0.15, -0.1) is 0 Å². The van der Waals surface area contributed by atoms with E-state index in [1.54, 1.807) is 11.1 Å². The Morgan fingerprint density at radius 3 is 2.61 bits per heavy atom. The summed E-state index contributed by atoms with van der Waals surface area (Å²) in [6.07, 6.45) is 5.29. The van der Waals surface area contributed by atoms with Gasteiger partial charge in [0.25, 0.3) is 5.91 Å². The molecule has 2 amide bonds. The average Bonchev–Trinajstić information content (AvgIpc) is 3.41. The number of hydrogen-bond acceptors (Lipinski definition) is 5. The van der Waals surface area contributed by atoms with Gasteiger partial charge in [0.1, 0.15) is 12.4 Å². The second kappa shape index (κ2) is 9.45. The molecule has 1 atom stereocenters. The summed E-state index contributed by atoms with van der Waals surface area (Å²) in [5.74, 6) is 0.690. The molecule has 2 aromatic heterocycles. The molecule has 2 aliphatic rings. The van der Waals surface area contributed by atoms with E-state index >= 15 is 0 Å². The number of hydrogen-bond donors (Lipinski definition) is 2. The minimum absolute atomic E-state index is 0.0285. The average molecular weight is 482 g/mol. The van der Waals surface area contributed by atoms with Crippen molar-refractivity contribution in [2.24, 2.45) is 0 Å². The Kier molecular flexibility index (Phi) is 5.85. The number of imidazole rings is 1. The molecule has 2 aromatic carbocycles. The lowest BCUT2D eigenvalue weighted by atomic mass is 10.1. The fraction of sp³-hybridized carbons (Fsp3) is 0.286.